The highest BCUT2D eigenvalue weighted by Crippen LogP contribution is 2.32. The Hall–Kier alpha value is -0.990. The number of nitrogens with zero attached hydrogens (tertiary/aromatic N) is 2. The maximum absolute atomic E-state index is 12.7. The van der Waals surface area contributed by atoms with E-state index in [1.807, 2.05) is 6.92 Å². The lowest BCUT2D eigenvalue weighted by atomic mass is 9.80. The van der Waals surface area contributed by atoms with Crippen LogP contribution in [0.15, 0.2) is 12.4 Å². The van der Waals surface area contributed by atoms with Crippen LogP contribution in [0.2, 0.25) is 0 Å². The van der Waals surface area contributed by atoms with Gasteiger partial charge in [-0.2, -0.15) is 4.39 Å². The highest BCUT2D eigenvalue weighted by Gasteiger charge is 2.23. The van der Waals surface area contributed by atoms with Crippen LogP contribution in [0.5, 0.6) is 0 Å². The molecule has 13 heavy (non-hydrogen) atoms. The predicted octanol–water partition coefficient (Wildman–Crippen LogP) is 2.77. The van der Waals surface area contributed by atoms with E-state index < -0.39 is 5.95 Å². The molecule has 1 rings (SSSR count). The Labute approximate surface area is 78.2 Å². The SMILES string of the molecule is CC(c1cncc(F)n1)C(C)(C)C. The maximum atomic E-state index is 12.7. The Balaban J connectivity index is 2.96. The average Bonchev–Trinajstić information content (AvgIpc) is 2.01. The molecule has 0 fully saturated rings. The summed E-state index contributed by atoms with van der Waals surface area (Å²) in [6, 6.07) is 0. The van der Waals surface area contributed by atoms with Crippen molar-refractivity contribution in [2.75, 3.05) is 0 Å². The Kier molecular flexibility index (Phi) is 2.64. The molecule has 3 heteroatoms. The molecule has 0 N–H and O–H groups in total. The van der Waals surface area contributed by atoms with Crippen molar-refractivity contribution >= 4 is 0 Å². The highest BCUT2D eigenvalue weighted by molar-refractivity contribution is 5.06. The van der Waals surface area contributed by atoms with E-state index in [1.54, 1.807) is 6.20 Å². The summed E-state index contributed by atoms with van der Waals surface area (Å²) in [6.07, 6.45) is 2.75. The second-order valence-corrected chi connectivity index (χ2v) is 4.35. The van der Waals surface area contributed by atoms with Gasteiger partial charge in [0.1, 0.15) is 0 Å². The number of hydrogen-bond acceptors (Lipinski definition) is 2. The fraction of sp³-hybridized carbons (Fsp3) is 0.600. The van der Waals surface area contributed by atoms with E-state index in [-0.39, 0.29) is 11.3 Å². The van der Waals surface area contributed by atoms with Gasteiger partial charge in [0, 0.05) is 12.1 Å². The summed E-state index contributed by atoms with van der Waals surface area (Å²) in [4.78, 5) is 7.59. The zero-order chi connectivity index (χ0) is 10.1. The van der Waals surface area contributed by atoms with Crippen molar-refractivity contribution in [1.29, 1.82) is 0 Å². The minimum atomic E-state index is -0.506. The van der Waals surface area contributed by atoms with Crippen molar-refractivity contribution in [1.82, 2.24) is 9.97 Å². The Morgan fingerprint density at radius 3 is 2.38 bits per heavy atom. The number of rotatable bonds is 1. The monoisotopic (exact) mass is 182 g/mol. The largest absolute Gasteiger partial charge is 0.258 e. The summed E-state index contributed by atoms with van der Waals surface area (Å²) in [5.41, 5.74) is 0.801. The molecule has 1 aromatic rings. The maximum Gasteiger partial charge on any atom is 0.231 e. The lowest BCUT2D eigenvalue weighted by Crippen LogP contribution is -2.17. The molecule has 1 atom stereocenters. The first-order valence-electron chi connectivity index (χ1n) is 4.38. The zero-order valence-corrected chi connectivity index (χ0v) is 8.50. The fourth-order valence-corrected chi connectivity index (χ4v) is 1.01. The normalized spacial score (nSPS) is 14.2. The summed E-state index contributed by atoms with van der Waals surface area (Å²) in [5, 5.41) is 0. The quantitative estimate of drug-likeness (QED) is 0.667. The number of halogens is 1. The molecular weight excluding hydrogens is 167 g/mol. The summed E-state index contributed by atoms with van der Waals surface area (Å²) in [7, 11) is 0. The second-order valence-electron chi connectivity index (χ2n) is 4.35. The van der Waals surface area contributed by atoms with E-state index in [4.69, 9.17) is 0 Å². The van der Waals surface area contributed by atoms with Crippen LogP contribution in [0.1, 0.15) is 39.3 Å². The summed E-state index contributed by atoms with van der Waals surface area (Å²) in [6.45, 7) is 8.34. The van der Waals surface area contributed by atoms with Crippen LogP contribution in [0.25, 0.3) is 0 Å². The van der Waals surface area contributed by atoms with E-state index in [0.717, 1.165) is 6.20 Å². The predicted molar refractivity (Wildman–Crippen MR) is 49.9 cm³/mol. The lowest BCUT2D eigenvalue weighted by molar-refractivity contribution is 0.330. The van der Waals surface area contributed by atoms with Crippen LogP contribution in [-0.2, 0) is 0 Å². The summed E-state index contributed by atoms with van der Waals surface area (Å²) < 4.78 is 12.7. The van der Waals surface area contributed by atoms with E-state index in [2.05, 4.69) is 30.7 Å². The van der Waals surface area contributed by atoms with E-state index in [9.17, 15) is 4.39 Å². The third-order valence-electron chi connectivity index (χ3n) is 2.37. The molecule has 0 spiro atoms. The van der Waals surface area contributed by atoms with Gasteiger partial charge >= 0.3 is 0 Å². The Bertz CT molecular complexity index is 291. The van der Waals surface area contributed by atoms with Gasteiger partial charge in [0.25, 0.3) is 0 Å². The first kappa shape index (κ1) is 10.1. The summed E-state index contributed by atoms with van der Waals surface area (Å²) in [5.74, 6) is -0.302. The number of hydrogen-bond donors (Lipinski definition) is 0. The van der Waals surface area contributed by atoms with E-state index in [1.165, 1.54) is 0 Å². The van der Waals surface area contributed by atoms with Gasteiger partial charge < -0.3 is 0 Å². The molecular formula is C10H15FN2. The Morgan fingerprint density at radius 2 is 1.92 bits per heavy atom. The van der Waals surface area contributed by atoms with Crippen molar-refractivity contribution in [3.8, 4) is 0 Å². The molecule has 0 aromatic carbocycles. The average molecular weight is 182 g/mol. The third-order valence-corrected chi connectivity index (χ3v) is 2.37. The van der Waals surface area contributed by atoms with Gasteiger partial charge in [-0.1, -0.05) is 27.7 Å². The first-order chi connectivity index (χ1) is 5.91. The van der Waals surface area contributed by atoms with Crippen LogP contribution in [0.3, 0.4) is 0 Å². The second kappa shape index (κ2) is 3.40. The van der Waals surface area contributed by atoms with Crippen molar-refractivity contribution in [3.05, 3.63) is 24.0 Å². The van der Waals surface area contributed by atoms with Gasteiger partial charge in [-0.05, 0) is 5.41 Å². The van der Waals surface area contributed by atoms with Crippen LogP contribution in [-0.4, -0.2) is 9.97 Å². The first-order valence-corrected chi connectivity index (χ1v) is 4.38. The van der Waals surface area contributed by atoms with E-state index in [0.29, 0.717) is 5.69 Å². The minimum Gasteiger partial charge on any atom is -0.258 e. The molecule has 0 saturated carbocycles. The zero-order valence-electron chi connectivity index (χ0n) is 8.50. The summed E-state index contributed by atoms with van der Waals surface area (Å²) >= 11 is 0. The van der Waals surface area contributed by atoms with Gasteiger partial charge in [0.05, 0.1) is 11.9 Å². The van der Waals surface area contributed by atoms with Gasteiger partial charge in [0.2, 0.25) is 5.95 Å². The van der Waals surface area contributed by atoms with Gasteiger partial charge in [-0.25, -0.2) is 4.98 Å². The molecule has 0 amide bonds. The van der Waals surface area contributed by atoms with Crippen molar-refractivity contribution in [3.63, 3.8) is 0 Å². The van der Waals surface area contributed by atoms with Crippen LogP contribution in [0.4, 0.5) is 4.39 Å². The molecule has 1 heterocycles. The molecule has 1 unspecified atom stereocenters. The van der Waals surface area contributed by atoms with Crippen LogP contribution < -0.4 is 0 Å². The molecule has 0 aliphatic carbocycles. The molecule has 0 aliphatic rings. The molecule has 0 radical (unpaired) electrons. The molecule has 72 valence electrons. The highest BCUT2D eigenvalue weighted by atomic mass is 19.1. The standard InChI is InChI=1S/C10H15FN2/c1-7(10(2,3)4)8-5-12-6-9(11)13-8/h5-7H,1-4H3. The third kappa shape index (κ3) is 2.47. The smallest absolute Gasteiger partial charge is 0.231 e. The molecule has 2 nitrogen and oxygen atoms in total. The van der Waals surface area contributed by atoms with Crippen molar-refractivity contribution < 1.29 is 4.39 Å². The van der Waals surface area contributed by atoms with Crippen molar-refractivity contribution in [2.24, 2.45) is 5.41 Å². The lowest BCUT2D eigenvalue weighted by Gasteiger charge is -2.26. The molecule has 0 saturated heterocycles. The number of aromatic nitrogens is 2. The van der Waals surface area contributed by atoms with Crippen LogP contribution in [0, 0.1) is 11.4 Å². The van der Waals surface area contributed by atoms with E-state index >= 15 is 0 Å². The fourth-order valence-electron chi connectivity index (χ4n) is 1.01. The topological polar surface area (TPSA) is 25.8 Å². The minimum absolute atomic E-state index is 0.0858. The van der Waals surface area contributed by atoms with Gasteiger partial charge in [-0.15, -0.1) is 0 Å². The molecule has 0 bridgehead atoms. The van der Waals surface area contributed by atoms with Gasteiger partial charge in [-0.3, -0.25) is 4.98 Å². The van der Waals surface area contributed by atoms with Crippen LogP contribution >= 0.6 is 0 Å². The van der Waals surface area contributed by atoms with Gasteiger partial charge in [0.15, 0.2) is 0 Å². The molecule has 1 aromatic heterocycles. The molecule has 0 aliphatic heterocycles. The van der Waals surface area contributed by atoms with Crippen molar-refractivity contribution in [2.45, 2.75) is 33.6 Å². The Morgan fingerprint density at radius 1 is 1.31 bits per heavy atom.